The fourth-order valence-corrected chi connectivity index (χ4v) is 4.76. The molecule has 0 aromatic heterocycles. The van der Waals surface area contributed by atoms with E-state index in [1.54, 1.807) is 0 Å². The number of rotatable bonds is 1. The summed E-state index contributed by atoms with van der Waals surface area (Å²) < 4.78 is 16.9. The van der Waals surface area contributed by atoms with Crippen LogP contribution in [0.3, 0.4) is 0 Å². The highest BCUT2D eigenvalue weighted by atomic mass is 31.2. The minimum atomic E-state index is -2.39. The molecule has 1 aliphatic heterocycles. The largest absolute Gasteiger partial charge is 0.332 e. The molecule has 12 heavy (non-hydrogen) atoms. The zero-order valence-corrected chi connectivity index (χ0v) is 8.73. The first-order valence-corrected chi connectivity index (χ1v) is 6.03. The van der Waals surface area contributed by atoms with Crippen LogP contribution in [0.2, 0.25) is 0 Å². The molecule has 0 spiro atoms. The standard InChI is InChI=1S/C9H15O2P/c1-5-8-6-12(10,11-4)7-9(8,2)3/h1,8H,6-7H2,2-4H3. The number of terminal acetylenes is 1. The van der Waals surface area contributed by atoms with Gasteiger partial charge in [-0.15, -0.1) is 12.3 Å². The molecule has 3 heteroatoms. The summed E-state index contributed by atoms with van der Waals surface area (Å²) in [4.78, 5) is 0. The molecule has 1 aliphatic rings. The van der Waals surface area contributed by atoms with E-state index in [1.165, 1.54) is 7.11 Å². The SMILES string of the molecule is C#CC1CP(=O)(OC)CC1(C)C. The predicted molar refractivity (Wildman–Crippen MR) is 50.5 cm³/mol. The lowest BCUT2D eigenvalue weighted by molar-refractivity contribution is 0.351. The van der Waals surface area contributed by atoms with E-state index in [4.69, 9.17) is 10.9 Å². The van der Waals surface area contributed by atoms with Gasteiger partial charge in [-0.2, -0.15) is 0 Å². The van der Waals surface area contributed by atoms with Crippen LogP contribution in [0.5, 0.6) is 0 Å². The van der Waals surface area contributed by atoms with E-state index < -0.39 is 7.37 Å². The lowest BCUT2D eigenvalue weighted by atomic mass is 9.83. The second-order valence-corrected chi connectivity index (χ2v) is 6.72. The molecule has 0 aromatic carbocycles. The molecule has 0 aromatic rings. The Kier molecular flexibility index (Phi) is 2.38. The van der Waals surface area contributed by atoms with Crippen molar-refractivity contribution in [2.75, 3.05) is 19.4 Å². The summed E-state index contributed by atoms with van der Waals surface area (Å²) in [6.45, 7) is 4.10. The summed E-state index contributed by atoms with van der Waals surface area (Å²) in [5.74, 6) is 2.79. The van der Waals surface area contributed by atoms with Crippen molar-refractivity contribution in [3.8, 4) is 12.3 Å². The van der Waals surface area contributed by atoms with Crippen molar-refractivity contribution in [3.05, 3.63) is 0 Å². The average Bonchev–Trinajstić information content (AvgIpc) is 2.22. The maximum absolute atomic E-state index is 11.8. The third-order valence-corrected chi connectivity index (χ3v) is 5.47. The van der Waals surface area contributed by atoms with Crippen molar-refractivity contribution in [2.45, 2.75) is 13.8 Å². The Bertz CT molecular complexity index is 262. The van der Waals surface area contributed by atoms with Crippen molar-refractivity contribution in [3.63, 3.8) is 0 Å². The smallest absolute Gasteiger partial charge is 0.204 e. The van der Waals surface area contributed by atoms with Gasteiger partial charge in [0.2, 0.25) is 7.37 Å². The zero-order valence-electron chi connectivity index (χ0n) is 7.83. The van der Waals surface area contributed by atoms with Gasteiger partial charge in [-0.25, -0.2) is 0 Å². The Balaban J connectivity index is 2.89. The highest BCUT2D eigenvalue weighted by Gasteiger charge is 2.46. The van der Waals surface area contributed by atoms with Crippen molar-refractivity contribution in [1.29, 1.82) is 0 Å². The van der Waals surface area contributed by atoms with Crippen LogP contribution < -0.4 is 0 Å². The molecule has 1 fully saturated rings. The first kappa shape index (κ1) is 9.84. The summed E-state index contributed by atoms with van der Waals surface area (Å²) >= 11 is 0. The van der Waals surface area contributed by atoms with Crippen molar-refractivity contribution < 1.29 is 9.09 Å². The van der Waals surface area contributed by atoms with Crippen molar-refractivity contribution in [2.24, 2.45) is 11.3 Å². The van der Waals surface area contributed by atoms with Gasteiger partial charge in [0.1, 0.15) is 0 Å². The summed E-state index contributed by atoms with van der Waals surface area (Å²) in [7, 11) is -0.878. The van der Waals surface area contributed by atoms with Crippen molar-refractivity contribution in [1.82, 2.24) is 0 Å². The predicted octanol–water partition coefficient (Wildman–Crippen LogP) is 2.20. The molecule has 1 heterocycles. The second-order valence-electron chi connectivity index (χ2n) is 4.05. The van der Waals surface area contributed by atoms with E-state index in [2.05, 4.69) is 19.8 Å². The lowest BCUT2D eigenvalue weighted by Gasteiger charge is -2.20. The van der Waals surface area contributed by atoms with Crippen LogP contribution in [0.25, 0.3) is 0 Å². The van der Waals surface area contributed by atoms with Crippen LogP contribution >= 0.6 is 7.37 Å². The van der Waals surface area contributed by atoms with E-state index in [-0.39, 0.29) is 11.3 Å². The van der Waals surface area contributed by atoms with E-state index in [1.807, 2.05) is 0 Å². The number of hydrogen-bond acceptors (Lipinski definition) is 2. The highest BCUT2D eigenvalue weighted by molar-refractivity contribution is 7.59. The van der Waals surface area contributed by atoms with Gasteiger partial charge in [0.25, 0.3) is 0 Å². The molecule has 0 aliphatic carbocycles. The Morgan fingerprint density at radius 1 is 1.67 bits per heavy atom. The molecule has 0 saturated carbocycles. The fraction of sp³-hybridized carbons (Fsp3) is 0.778. The first-order valence-electron chi connectivity index (χ1n) is 4.03. The minimum Gasteiger partial charge on any atom is -0.332 e. The highest BCUT2D eigenvalue weighted by Crippen LogP contribution is 2.61. The Morgan fingerprint density at radius 2 is 2.25 bits per heavy atom. The maximum atomic E-state index is 11.8. The van der Waals surface area contributed by atoms with Gasteiger partial charge in [0.05, 0.1) is 0 Å². The van der Waals surface area contributed by atoms with Crippen LogP contribution in [0, 0.1) is 23.7 Å². The monoisotopic (exact) mass is 186 g/mol. The molecule has 0 amide bonds. The maximum Gasteiger partial charge on any atom is 0.204 e. The molecule has 2 atom stereocenters. The van der Waals surface area contributed by atoms with Gasteiger partial charge in [0.15, 0.2) is 0 Å². The summed E-state index contributed by atoms with van der Waals surface area (Å²) in [5, 5.41) is 0. The molecule has 1 rings (SSSR count). The van der Waals surface area contributed by atoms with Crippen molar-refractivity contribution >= 4 is 7.37 Å². The Hall–Kier alpha value is -0.250. The molecule has 0 bridgehead atoms. The summed E-state index contributed by atoms with van der Waals surface area (Å²) in [6, 6.07) is 0. The zero-order chi connectivity index (χ0) is 9.41. The first-order chi connectivity index (χ1) is 5.43. The van der Waals surface area contributed by atoms with E-state index in [9.17, 15) is 4.57 Å². The lowest BCUT2D eigenvalue weighted by Crippen LogP contribution is -2.19. The van der Waals surface area contributed by atoms with Gasteiger partial charge in [-0.3, -0.25) is 4.57 Å². The van der Waals surface area contributed by atoms with Crippen LogP contribution in [-0.4, -0.2) is 19.4 Å². The van der Waals surface area contributed by atoms with Crippen LogP contribution in [0.1, 0.15) is 13.8 Å². The van der Waals surface area contributed by atoms with Crippen LogP contribution in [-0.2, 0) is 9.09 Å². The average molecular weight is 186 g/mol. The third-order valence-electron chi connectivity index (χ3n) is 2.59. The van der Waals surface area contributed by atoms with Crippen LogP contribution in [0.15, 0.2) is 0 Å². The topological polar surface area (TPSA) is 26.3 Å². The molecule has 1 saturated heterocycles. The summed E-state index contributed by atoms with van der Waals surface area (Å²) in [6.07, 6.45) is 6.52. The van der Waals surface area contributed by atoms with Crippen LogP contribution in [0.4, 0.5) is 0 Å². The second kappa shape index (κ2) is 2.91. The molecular weight excluding hydrogens is 171 g/mol. The Morgan fingerprint density at radius 3 is 2.50 bits per heavy atom. The number of hydrogen-bond donors (Lipinski definition) is 0. The molecule has 0 radical (unpaired) electrons. The molecule has 2 unspecified atom stereocenters. The van der Waals surface area contributed by atoms with Gasteiger partial charge < -0.3 is 4.52 Å². The third kappa shape index (κ3) is 1.58. The van der Waals surface area contributed by atoms with Gasteiger partial charge in [-0.05, 0) is 5.41 Å². The van der Waals surface area contributed by atoms with E-state index >= 15 is 0 Å². The van der Waals surface area contributed by atoms with Gasteiger partial charge in [-0.1, -0.05) is 13.8 Å². The Labute approximate surface area is 74.1 Å². The normalized spacial score (nSPS) is 39.3. The molecular formula is C9H15O2P. The van der Waals surface area contributed by atoms with Gasteiger partial charge >= 0.3 is 0 Å². The quantitative estimate of drug-likeness (QED) is 0.463. The van der Waals surface area contributed by atoms with E-state index in [0.717, 1.165) is 0 Å². The van der Waals surface area contributed by atoms with Gasteiger partial charge in [0, 0.05) is 25.4 Å². The summed E-state index contributed by atoms with van der Waals surface area (Å²) in [5.41, 5.74) is -0.0275. The molecule has 0 N–H and O–H groups in total. The van der Waals surface area contributed by atoms with E-state index in [0.29, 0.717) is 12.3 Å². The fourth-order valence-electron chi connectivity index (χ4n) is 1.74. The molecule has 68 valence electrons. The minimum absolute atomic E-state index is 0.0275. The molecule has 2 nitrogen and oxygen atoms in total.